The maximum absolute atomic E-state index is 12.2. The lowest BCUT2D eigenvalue weighted by Crippen LogP contribution is -2.38. The lowest BCUT2D eigenvalue weighted by Gasteiger charge is -2.19. The molecule has 2 N–H and O–H groups in total. The van der Waals surface area contributed by atoms with Gasteiger partial charge in [-0.25, -0.2) is 4.79 Å². The predicted octanol–water partition coefficient (Wildman–Crippen LogP) is 4.14. The Morgan fingerprint density at radius 2 is 1.91 bits per heavy atom. The predicted molar refractivity (Wildman–Crippen MR) is 95.6 cm³/mol. The first-order valence-electron chi connectivity index (χ1n) is 7.92. The Labute approximate surface area is 141 Å². The molecular formula is C19H22N2OS. The van der Waals surface area contributed by atoms with Gasteiger partial charge in [0.15, 0.2) is 0 Å². The van der Waals surface area contributed by atoms with Gasteiger partial charge in [-0.1, -0.05) is 43.3 Å². The maximum atomic E-state index is 12.2. The molecule has 0 radical (unpaired) electrons. The van der Waals surface area contributed by atoms with E-state index in [9.17, 15) is 4.79 Å². The molecule has 23 heavy (non-hydrogen) atoms. The normalized spacial score (nSPS) is 19.2. The van der Waals surface area contributed by atoms with Crippen LogP contribution in [0, 0.1) is 5.92 Å². The topological polar surface area (TPSA) is 41.1 Å². The van der Waals surface area contributed by atoms with Gasteiger partial charge in [-0.3, -0.25) is 0 Å². The van der Waals surface area contributed by atoms with E-state index in [1.54, 1.807) is 11.8 Å². The molecule has 1 aliphatic carbocycles. The highest BCUT2D eigenvalue weighted by molar-refractivity contribution is 7.98. The number of fused-ring (bicyclic) bond motifs is 1. The molecule has 2 unspecified atom stereocenters. The Bertz CT molecular complexity index is 684. The van der Waals surface area contributed by atoms with Gasteiger partial charge in [0.25, 0.3) is 0 Å². The van der Waals surface area contributed by atoms with E-state index >= 15 is 0 Å². The fourth-order valence-electron chi connectivity index (χ4n) is 3.13. The summed E-state index contributed by atoms with van der Waals surface area (Å²) in [5, 5.41) is 6.08. The highest BCUT2D eigenvalue weighted by Crippen LogP contribution is 2.35. The van der Waals surface area contributed by atoms with Crippen LogP contribution in [0.1, 0.15) is 29.7 Å². The van der Waals surface area contributed by atoms with Gasteiger partial charge in [-0.15, -0.1) is 11.8 Å². The van der Waals surface area contributed by atoms with Gasteiger partial charge in [0.1, 0.15) is 0 Å². The smallest absolute Gasteiger partial charge is 0.315 e. The van der Waals surface area contributed by atoms with E-state index in [4.69, 9.17) is 0 Å². The molecular weight excluding hydrogens is 304 g/mol. The van der Waals surface area contributed by atoms with Gasteiger partial charge < -0.3 is 10.6 Å². The fourth-order valence-corrected chi connectivity index (χ4v) is 3.54. The Morgan fingerprint density at radius 3 is 2.65 bits per heavy atom. The van der Waals surface area contributed by atoms with Gasteiger partial charge in [0.05, 0.1) is 6.04 Å². The number of carbonyl (C=O) groups excluding carboxylic acids is 1. The summed E-state index contributed by atoms with van der Waals surface area (Å²) in [6, 6.07) is 16.6. The van der Waals surface area contributed by atoms with Crippen molar-refractivity contribution < 1.29 is 4.79 Å². The molecule has 120 valence electrons. The zero-order chi connectivity index (χ0) is 16.2. The summed E-state index contributed by atoms with van der Waals surface area (Å²) >= 11 is 1.72. The first-order valence-corrected chi connectivity index (χ1v) is 9.15. The summed E-state index contributed by atoms with van der Waals surface area (Å²) < 4.78 is 0. The van der Waals surface area contributed by atoms with Crippen LogP contribution in [-0.4, -0.2) is 12.3 Å². The van der Waals surface area contributed by atoms with E-state index in [1.807, 2.05) is 6.07 Å². The molecule has 0 aliphatic heterocycles. The van der Waals surface area contributed by atoms with E-state index in [0.29, 0.717) is 12.5 Å². The molecule has 0 aromatic heterocycles. The van der Waals surface area contributed by atoms with Crippen molar-refractivity contribution in [3.05, 3.63) is 65.2 Å². The number of nitrogens with one attached hydrogen (secondary N) is 2. The second-order valence-corrected chi connectivity index (χ2v) is 6.91. The highest BCUT2D eigenvalue weighted by atomic mass is 32.2. The van der Waals surface area contributed by atoms with E-state index < -0.39 is 0 Å². The zero-order valence-corrected chi connectivity index (χ0v) is 14.3. The van der Waals surface area contributed by atoms with Crippen LogP contribution in [0.2, 0.25) is 0 Å². The van der Waals surface area contributed by atoms with Crippen LogP contribution in [0.25, 0.3) is 0 Å². The van der Waals surface area contributed by atoms with Crippen LogP contribution in [-0.2, 0) is 13.0 Å². The summed E-state index contributed by atoms with van der Waals surface area (Å²) in [4.78, 5) is 13.5. The first kappa shape index (κ1) is 15.9. The van der Waals surface area contributed by atoms with E-state index in [2.05, 4.69) is 66.3 Å². The molecule has 0 saturated heterocycles. The van der Waals surface area contributed by atoms with E-state index in [1.165, 1.54) is 16.0 Å². The summed E-state index contributed by atoms with van der Waals surface area (Å²) in [6.45, 7) is 2.73. The summed E-state index contributed by atoms with van der Waals surface area (Å²) in [5.41, 5.74) is 3.70. The lowest BCUT2D eigenvalue weighted by molar-refractivity contribution is 0.233. The Hall–Kier alpha value is -1.94. The number of thioether (sulfide) groups is 1. The Morgan fingerprint density at radius 1 is 1.17 bits per heavy atom. The average molecular weight is 326 g/mol. The van der Waals surface area contributed by atoms with Gasteiger partial charge in [-0.05, 0) is 47.4 Å². The molecule has 4 heteroatoms. The van der Waals surface area contributed by atoms with E-state index in [0.717, 1.165) is 12.0 Å². The molecule has 1 aliphatic rings. The van der Waals surface area contributed by atoms with Crippen LogP contribution in [0.4, 0.5) is 4.79 Å². The number of amides is 2. The molecule has 0 heterocycles. The van der Waals surface area contributed by atoms with Gasteiger partial charge >= 0.3 is 6.03 Å². The SMILES string of the molecule is CSc1ccc(CNC(=O)NC2c3ccccc3CC2C)cc1. The molecule has 0 fully saturated rings. The molecule has 2 aromatic carbocycles. The van der Waals surface area contributed by atoms with Crippen LogP contribution in [0.5, 0.6) is 0 Å². The molecule has 0 spiro atoms. The van der Waals surface area contributed by atoms with Crippen molar-refractivity contribution >= 4 is 17.8 Å². The Kier molecular flexibility index (Phi) is 4.91. The third kappa shape index (κ3) is 3.70. The van der Waals surface area contributed by atoms with Gasteiger partial charge in [0, 0.05) is 11.4 Å². The second-order valence-electron chi connectivity index (χ2n) is 6.03. The van der Waals surface area contributed by atoms with Crippen molar-refractivity contribution in [2.24, 2.45) is 5.92 Å². The minimum absolute atomic E-state index is 0.102. The van der Waals surface area contributed by atoms with Crippen molar-refractivity contribution in [1.29, 1.82) is 0 Å². The van der Waals surface area contributed by atoms with Crippen LogP contribution in [0.15, 0.2) is 53.4 Å². The zero-order valence-electron chi connectivity index (χ0n) is 13.5. The summed E-state index contributed by atoms with van der Waals surface area (Å²) in [5.74, 6) is 0.430. The maximum Gasteiger partial charge on any atom is 0.315 e. The molecule has 2 aromatic rings. The molecule has 2 amide bonds. The third-order valence-electron chi connectivity index (χ3n) is 4.40. The number of hydrogen-bond donors (Lipinski definition) is 2. The van der Waals surface area contributed by atoms with Crippen molar-refractivity contribution in [3.63, 3.8) is 0 Å². The molecule has 0 bridgehead atoms. The van der Waals surface area contributed by atoms with Crippen LogP contribution in [0.3, 0.4) is 0 Å². The monoisotopic (exact) mass is 326 g/mol. The second kappa shape index (κ2) is 7.09. The van der Waals surface area contributed by atoms with Crippen LogP contribution < -0.4 is 10.6 Å². The van der Waals surface area contributed by atoms with Gasteiger partial charge in [-0.2, -0.15) is 0 Å². The van der Waals surface area contributed by atoms with Crippen molar-refractivity contribution in [2.45, 2.75) is 30.8 Å². The first-order chi connectivity index (χ1) is 11.2. The number of urea groups is 1. The summed E-state index contributed by atoms with van der Waals surface area (Å²) in [7, 11) is 0. The standard InChI is InChI=1S/C19H22N2OS/c1-13-11-15-5-3-4-6-17(15)18(13)21-19(22)20-12-14-7-9-16(23-2)10-8-14/h3-10,13,18H,11-12H2,1-2H3,(H2,20,21,22). The molecule has 3 nitrogen and oxygen atoms in total. The average Bonchev–Trinajstić information content (AvgIpc) is 2.89. The molecule has 2 atom stereocenters. The quantitative estimate of drug-likeness (QED) is 0.829. The number of benzene rings is 2. The number of hydrogen-bond acceptors (Lipinski definition) is 2. The summed E-state index contributed by atoms with van der Waals surface area (Å²) in [6.07, 6.45) is 3.08. The largest absolute Gasteiger partial charge is 0.334 e. The fraction of sp³-hybridized carbons (Fsp3) is 0.316. The highest BCUT2D eigenvalue weighted by Gasteiger charge is 2.29. The minimum Gasteiger partial charge on any atom is -0.334 e. The lowest BCUT2D eigenvalue weighted by atomic mass is 10.0. The molecule has 0 saturated carbocycles. The van der Waals surface area contributed by atoms with Crippen molar-refractivity contribution in [3.8, 4) is 0 Å². The number of rotatable bonds is 4. The van der Waals surface area contributed by atoms with E-state index in [-0.39, 0.29) is 12.1 Å². The van der Waals surface area contributed by atoms with Crippen molar-refractivity contribution in [2.75, 3.05) is 6.26 Å². The minimum atomic E-state index is -0.104. The third-order valence-corrected chi connectivity index (χ3v) is 5.14. The Balaban J connectivity index is 1.57. The number of carbonyl (C=O) groups is 1. The van der Waals surface area contributed by atoms with Crippen LogP contribution >= 0.6 is 11.8 Å². The van der Waals surface area contributed by atoms with Crippen molar-refractivity contribution in [1.82, 2.24) is 10.6 Å². The molecule has 3 rings (SSSR count). The van der Waals surface area contributed by atoms with Gasteiger partial charge in [0.2, 0.25) is 0 Å².